The van der Waals surface area contributed by atoms with Crippen LogP contribution in [0, 0.1) is 6.92 Å². The Morgan fingerprint density at radius 3 is 3.27 bits per heavy atom. The topological polar surface area (TPSA) is 34.6 Å². The fourth-order valence-electron chi connectivity index (χ4n) is 1.46. The van der Waals surface area contributed by atoms with Crippen LogP contribution < -0.4 is 4.74 Å². The quantitative estimate of drug-likeness (QED) is 0.746. The van der Waals surface area contributed by atoms with Gasteiger partial charge in [-0.3, -0.25) is 0 Å². The summed E-state index contributed by atoms with van der Waals surface area (Å²) in [5.41, 5.74) is 1.05. The molecule has 0 N–H and O–H groups in total. The number of benzene rings is 1. The van der Waals surface area contributed by atoms with Crippen LogP contribution in [0.15, 0.2) is 18.2 Å². The molecule has 2 heterocycles. The largest absolute Gasteiger partial charge is 0.491 e. The zero-order valence-electron chi connectivity index (χ0n) is 8.40. The summed E-state index contributed by atoms with van der Waals surface area (Å²) < 4.78 is 11.9. The molecule has 1 fully saturated rings. The number of thiazole rings is 1. The highest BCUT2D eigenvalue weighted by molar-refractivity contribution is 7.18. The maximum atomic E-state index is 5.60. The van der Waals surface area contributed by atoms with Crippen LogP contribution in [0.2, 0.25) is 0 Å². The molecule has 0 aliphatic carbocycles. The van der Waals surface area contributed by atoms with E-state index in [4.69, 9.17) is 9.47 Å². The number of hydrogen-bond acceptors (Lipinski definition) is 4. The van der Waals surface area contributed by atoms with Crippen LogP contribution in [-0.4, -0.2) is 24.3 Å². The van der Waals surface area contributed by atoms with Crippen molar-refractivity contribution >= 4 is 21.6 Å². The summed E-state index contributed by atoms with van der Waals surface area (Å²) in [4.78, 5) is 4.40. The zero-order chi connectivity index (χ0) is 10.3. The predicted octanol–water partition coefficient (Wildman–Crippen LogP) is 2.38. The van der Waals surface area contributed by atoms with Gasteiger partial charge in [0.05, 0.1) is 21.8 Å². The zero-order valence-corrected chi connectivity index (χ0v) is 9.21. The Bertz CT molecular complexity index is 490. The van der Waals surface area contributed by atoms with Gasteiger partial charge < -0.3 is 9.47 Å². The van der Waals surface area contributed by atoms with Gasteiger partial charge in [0.15, 0.2) is 0 Å². The highest BCUT2D eigenvalue weighted by Gasteiger charge is 2.23. The van der Waals surface area contributed by atoms with Gasteiger partial charge >= 0.3 is 0 Å². The van der Waals surface area contributed by atoms with E-state index in [0.29, 0.717) is 12.7 Å². The molecule has 2 aromatic rings. The van der Waals surface area contributed by atoms with Crippen molar-refractivity contribution in [2.45, 2.75) is 13.0 Å². The maximum Gasteiger partial charge on any atom is 0.121 e. The highest BCUT2D eigenvalue weighted by Crippen LogP contribution is 2.26. The van der Waals surface area contributed by atoms with Crippen molar-refractivity contribution in [2.75, 3.05) is 13.2 Å². The van der Waals surface area contributed by atoms with Crippen LogP contribution in [0.3, 0.4) is 0 Å². The van der Waals surface area contributed by atoms with Crippen LogP contribution >= 0.6 is 11.3 Å². The number of epoxide rings is 1. The summed E-state index contributed by atoms with van der Waals surface area (Å²) in [6.07, 6.45) is 0.309. The molecule has 1 atom stereocenters. The van der Waals surface area contributed by atoms with Gasteiger partial charge in [-0.2, -0.15) is 0 Å². The highest BCUT2D eigenvalue weighted by atomic mass is 32.1. The van der Waals surface area contributed by atoms with E-state index >= 15 is 0 Å². The molecule has 1 saturated heterocycles. The van der Waals surface area contributed by atoms with Gasteiger partial charge in [0.1, 0.15) is 18.5 Å². The van der Waals surface area contributed by atoms with Crippen molar-refractivity contribution in [3.63, 3.8) is 0 Å². The number of nitrogens with zero attached hydrogens (tertiary/aromatic N) is 1. The molecule has 1 aromatic heterocycles. The maximum absolute atomic E-state index is 5.60. The molecule has 3 rings (SSSR count). The summed E-state index contributed by atoms with van der Waals surface area (Å²) in [5.74, 6) is 0.904. The lowest BCUT2D eigenvalue weighted by Crippen LogP contribution is -2.03. The third-order valence-corrected chi connectivity index (χ3v) is 3.24. The smallest absolute Gasteiger partial charge is 0.121 e. The van der Waals surface area contributed by atoms with E-state index in [0.717, 1.165) is 22.9 Å². The molecule has 1 aliphatic heterocycles. The van der Waals surface area contributed by atoms with Crippen LogP contribution in [-0.2, 0) is 4.74 Å². The fourth-order valence-corrected chi connectivity index (χ4v) is 2.32. The third-order valence-electron chi connectivity index (χ3n) is 2.31. The Morgan fingerprint density at radius 2 is 2.47 bits per heavy atom. The van der Waals surface area contributed by atoms with Crippen LogP contribution in [0.25, 0.3) is 10.2 Å². The van der Waals surface area contributed by atoms with Gasteiger partial charge in [0, 0.05) is 0 Å². The third kappa shape index (κ3) is 1.96. The minimum absolute atomic E-state index is 0.309. The van der Waals surface area contributed by atoms with Crippen LogP contribution in [0.4, 0.5) is 0 Å². The van der Waals surface area contributed by atoms with Crippen molar-refractivity contribution in [3.8, 4) is 5.75 Å². The first-order valence-corrected chi connectivity index (χ1v) is 5.74. The van der Waals surface area contributed by atoms with E-state index < -0.39 is 0 Å². The van der Waals surface area contributed by atoms with Gasteiger partial charge in [-0.25, -0.2) is 4.98 Å². The van der Waals surface area contributed by atoms with Gasteiger partial charge in [0.2, 0.25) is 0 Å². The summed E-state index contributed by atoms with van der Waals surface area (Å²) in [7, 11) is 0. The SMILES string of the molecule is Cc1nc2ccc(OC[C@@H]3CO3)cc2s1. The Balaban J connectivity index is 1.84. The van der Waals surface area contributed by atoms with Crippen molar-refractivity contribution < 1.29 is 9.47 Å². The summed E-state index contributed by atoms with van der Waals surface area (Å²) in [6.45, 7) is 3.51. The first-order valence-electron chi connectivity index (χ1n) is 4.93. The van der Waals surface area contributed by atoms with Gasteiger partial charge in [-0.15, -0.1) is 11.3 Å². The average Bonchev–Trinajstić information content (AvgIpc) is 2.96. The molecule has 0 amide bonds. The monoisotopic (exact) mass is 221 g/mol. The standard InChI is InChI=1S/C11H11NO2S/c1-7-12-10-3-2-8(4-11(10)15-7)13-5-9-6-14-9/h2-4,9H,5-6H2,1H3/t9-/m1/s1. The minimum Gasteiger partial charge on any atom is -0.491 e. The first-order chi connectivity index (χ1) is 7.31. The second-order valence-corrected chi connectivity index (χ2v) is 4.86. The van der Waals surface area contributed by atoms with Crippen molar-refractivity contribution in [2.24, 2.45) is 0 Å². The fraction of sp³-hybridized carbons (Fsp3) is 0.364. The summed E-state index contributed by atoms with van der Waals surface area (Å²) in [5, 5.41) is 1.09. The molecule has 0 radical (unpaired) electrons. The Morgan fingerprint density at radius 1 is 1.60 bits per heavy atom. The molecule has 15 heavy (non-hydrogen) atoms. The van der Waals surface area contributed by atoms with E-state index in [1.54, 1.807) is 11.3 Å². The second-order valence-electron chi connectivity index (χ2n) is 3.63. The number of hydrogen-bond donors (Lipinski definition) is 0. The lowest BCUT2D eigenvalue weighted by Gasteiger charge is -2.02. The number of aryl methyl sites for hydroxylation is 1. The Hall–Kier alpha value is -1.13. The first kappa shape index (κ1) is 9.12. The van der Waals surface area contributed by atoms with E-state index in [2.05, 4.69) is 4.98 Å². The normalized spacial score (nSPS) is 19.4. The second kappa shape index (κ2) is 3.47. The van der Waals surface area contributed by atoms with Gasteiger partial charge in [-0.1, -0.05) is 0 Å². The molecule has 0 saturated carbocycles. The molecule has 78 valence electrons. The van der Waals surface area contributed by atoms with Crippen molar-refractivity contribution in [1.29, 1.82) is 0 Å². The average molecular weight is 221 g/mol. The lowest BCUT2D eigenvalue weighted by molar-refractivity contribution is 0.263. The van der Waals surface area contributed by atoms with E-state index in [1.807, 2.05) is 25.1 Å². The Labute approximate surface area is 91.7 Å². The predicted molar refractivity (Wildman–Crippen MR) is 59.6 cm³/mol. The molecule has 3 nitrogen and oxygen atoms in total. The van der Waals surface area contributed by atoms with E-state index in [-0.39, 0.29) is 0 Å². The van der Waals surface area contributed by atoms with E-state index in [9.17, 15) is 0 Å². The van der Waals surface area contributed by atoms with Gasteiger partial charge in [-0.05, 0) is 25.1 Å². The van der Waals surface area contributed by atoms with E-state index in [1.165, 1.54) is 4.70 Å². The Kier molecular flexibility index (Phi) is 2.11. The molecule has 0 spiro atoms. The molecule has 4 heteroatoms. The molecular formula is C11H11NO2S. The summed E-state index contributed by atoms with van der Waals surface area (Å²) >= 11 is 1.69. The number of aromatic nitrogens is 1. The molecule has 0 unspecified atom stereocenters. The van der Waals surface area contributed by atoms with Gasteiger partial charge in [0.25, 0.3) is 0 Å². The van der Waals surface area contributed by atoms with Crippen molar-refractivity contribution in [1.82, 2.24) is 4.98 Å². The number of ether oxygens (including phenoxy) is 2. The number of fused-ring (bicyclic) bond motifs is 1. The lowest BCUT2D eigenvalue weighted by atomic mass is 10.3. The molecule has 0 bridgehead atoms. The van der Waals surface area contributed by atoms with Crippen molar-refractivity contribution in [3.05, 3.63) is 23.2 Å². The minimum atomic E-state index is 0.309. The van der Waals surface area contributed by atoms with Crippen LogP contribution in [0.1, 0.15) is 5.01 Å². The molecule has 1 aromatic carbocycles. The molecular weight excluding hydrogens is 210 g/mol. The number of rotatable bonds is 3. The molecule has 1 aliphatic rings. The van der Waals surface area contributed by atoms with Crippen LogP contribution in [0.5, 0.6) is 5.75 Å². The summed E-state index contributed by atoms with van der Waals surface area (Å²) in [6, 6.07) is 6.01.